The van der Waals surface area contributed by atoms with Crippen LogP contribution in [-0.4, -0.2) is 119 Å². The molecule has 1 aliphatic rings. The van der Waals surface area contributed by atoms with Gasteiger partial charge in [-0.15, -0.1) is 0 Å². The number of phenolic OH excluding ortho intramolecular Hbond substituents is 1. The first-order valence-electron chi connectivity index (χ1n) is 19.7. The van der Waals surface area contributed by atoms with E-state index in [1.165, 1.54) is 12.1 Å². The predicted molar refractivity (Wildman–Crippen MR) is 218 cm³/mol. The fourth-order valence-corrected chi connectivity index (χ4v) is 6.54. The number of carbonyl (C=O) groups is 5. The van der Waals surface area contributed by atoms with Crippen molar-refractivity contribution in [3.05, 3.63) is 29.8 Å². The molecule has 7 atom stereocenters. The van der Waals surface area contributed by atoms with Gasteiger partial charge in [0.15, 0.2) is 11.9 Å². The lowest BCUT2D eigenvalue weighted by Gasteiger charge is -2.32. The van der Waals surface area contributed by atoms with Crippen molar-refractivity contribution in [2.75, 3.05) is 26.2 Å². The lowest BCUT2D eigenvalue weighted by Crippen LogP contribution is -2.59. The van der Waals surface area contributed by atoms with Crippen LogP contribution in [0.3, 0.4) is 0 Å². The molecule has 0 spiro atoms. The van der Waals surface area contributed by atoms with Crippen LogP contribution in [0.25, 0.3) is 0 Å². The molecule has 0 saturated carbocycles. The van der Waals surface area contributed by atoms with Gasteiger partial charge < -0.3 is 65.0 Å². The van der Waals surface area contributed by atoms with Crippen molar-refractivity contribution < 1.29 is 34.2 Å². The molecule has 19 nitrogen and oxygen atoms in total. The van der Waals surface area contributed by atoms with E-state index in [9.17, 15) is 34.2 Å². The second-order valence-corrected chi connectivity index (χ2v) is 15.1. The molecule has 1 fully saturated rings. The van der Waals surface area contributed by atoms with Crippen molar-refractivity contribution >= 4 is 41.5 Å². The number of likely N-dealkylation sites (tertiary alicyclic amines) is 1. The van der Waals surface area contributed by atoms with Gasteiger partial charge in [0.1, 0.15) is 23.9 Å². The van der Waals surface area contributed by atoms with Crippen LogP contribution in [0.2, 0.25) is 0 Å². The standard InChI is InChI=1S/C38H66N12O7/c1-5-23(4)31(34(54)48-30(36(56)57)19-22(2)3)49-33(53)29(20-24-12-14-26(51)15-13-24)46-21-25-9-8-18-50(25)35(55)28(11-7-17-45-38(42)43)47-32(52)27(39)10-6-16-44-37(40)41/h12-15,22-23,25,27-31,46,51H,5-11,16-21,39H2,1-4H3,(H,47,52)(H,48,54)(H,49,53)(H,56,57)(H4,40,41,44)(H4,42,43,45)/t23-,25-,27-,28-,29-,30-,31-/m0/s1. The molecule has 2 rings (SSSR count). The quantitative estimate of drug-likeness (QED) is 0.0320. The highest BCUT2D eigenvalue weighted by atomic mass is 16.4. The van der Waals surface area contributed by atoms with Gasteiger partial charge in [-0.3, -0.25) is 29.2 Å². The van der Waals surface area contributed by atoms with Gasteiger partial charge in [0.05, 0.1) is 12.1 Å². The molecule has 0 bridgehead atoms. The Morgan fingerprint density at radius 1 is 0.842 bits per heavy atom. The number of nitrogens with zero attached hydrogens (tertiary/aromatic N) is 3. The van der Waals surface area contributed by atoms with E-state index in [1.54, 1.807) is 24.0 Å². The molecule has 19 heteroatoms. The maximum Gasteiger partial charge on any atom is 0.326 e. The minimum atomic E-state index is -1.16. The second kappa shape index (κ2) is 24.5. The van der Waals surface area contributed by atoms with Crippen LogP contribution in [0.5, 0.6) is 5.75 Å². The Balaban J connectivity index is 2.29. The van der Waals surface area contributed by atoms with E-state index in [0.717, 1.165) is 5.56 Å². The number of carboxylic acid groups (broad SMARTS) is 1. The number of amides is 4. The van der Waals surface area contributed by atoms with Gasteiger partial charge in [-0.2, -0.15) is 0 Å². The van der Waals surface area contributed by atoms with E-state index in [4.69, 9.17) is 28.7 Å². The smallest absolute Gasteiger partial charge is 0.326 e. The number of benzene rings is 1. The molecule has 1 aromatic carbocycles. The van der Waals surface area contributed by atoms with Crippen LogP contribution in [0.4, 0.5) is 0 Å². The number of aliphatic imine (C=N–C) groups is 2. The average Bonchev–Trinajstić information content (AvgIpc) is 3.63. The fraction of sp³-hybridized carbons (Fsp3) is 0.658. The summed E-state index contributed by atoms with van der Waals surface area (Å²) in [4.78, 5) is 76.4. The van der Waals surface area contributed by atoms with E-state index in [0.29, 0.717) is 45.2 Å². The van der Waals surface area contributed by atoms with E-state index >= 15 is 0 Å². The zero-order valence-corrected chi connectivity index (χ0v) is 33.8. The Bertz CT molecular complexity index is 1520. The van der Waals surface area contributed by atoms with Crippen molar-refractivity contribution in [2.24, 2.45) is 50.5 Å². The van der Waals surface area contributed by atoms with Crippen molar-refractivity contribution in [2.45, 2.75) is 122 Å². The largest absolute Gasteiger partial charge is 0.508 e. The predicted octanol–water partition coefficient (Wildman–Crippen LogP) is -1.05. The number of hydrogen-bond donors (Lipinski definition) is 11. The normalized spacial score (nSPS) is 17.0. The van der Waals surface area contributed by atoms with Crippen molar-refractivity contribution in [3.63, 3.8) is 0 Å². The van der Waals surface area contributed by atoms with Crippen LogP contribution in [0.15, 0.2) is 34.3 Å². The number of rotatable bonds is 25. The summed E-state index contributed by atoms with van der Waals surface area (Å²) in [6, 6.07) is 1.18. The zero-order chi connectivity index (χ0) is 42.7. The number of nitrogens with one attached hydrogen (secondary N) is 4. The lowest BCUT2D eigenvalue weighted by molar-refractivity contribution is -0.143. The summed E-state index contributed by atoms with van der Waals surface area (Å²) >= 11 is 0. The first-order valence-corrected chi connectivity index (χ1v) is 19.7. The number of carboxylic acids is 1. The molecule has 57 heavy (non-hydrogen) atoms. The number of guanidine groups is 2. The summed E-state index contributed by atoms with van der Waals surface area (Å²) in [6.07, 6.45) is 3.61. The Hall–Kier alpha value is -5.17. The number of aromatic hydroxyl groups is 1. The Morgan fingerprint density at radius 2 is 1.44 bits per heavy atom. The van der Waals surface area contributed by atoms with Crippen molar-refractivity contribution in [1.29, 1.82) is 0 Å². The molecule has 4 amide bonds. The maximum absolute atomic E-state index is 14.1. The summed E-state index contributed by atoms with van der Waals surface area (Å²) in [5.41, 5.74) is 28.6. The zero-order valence-electron chi connectivity index (χ0n) is 33.8. The molecule has 1 aromatic rings. The van der Waals surface area contributed by atoms with Crippen LogP contribution in [0, 0.1) is 11.8 Å². The van der Waals surface area contributed by atoms with E-state index in [1.807, 2.05) is 20.8 Å². The molecule has 1 heterocycles. The first kappa shape index (κ1) is 48.0. The molecule has 0 aromatic heterocycles. The third-order valence-corrected chi connectivity index (χ3v) is 9.93. The molecular formula is C38H66N12O7. The monoisotopic (exact) mass is 803 g/mol. The van der Waals surface area contributed by atoms with Crippen molar-refractivity contribution in [3.8, 4) is 5.75 Å². The number of nitrogens with two attached hydrogens (primary N) is 5. The minimum Gasteiger partial charge on any atom is -0.508 e. The van der Waals surface area contributed by atoms with Crippen LogP contribution >= 0.6 is 0 Å². The van der Waals surface area contributed by atoms with Gasteiger partial charge in [-0.1, -0.05) is 46.2 Å². The van der Waals surface area contributed by atoms with E-state index < -0.39 is 53.9 Å². The molecule has 1 aliphatic heterocycles. The molecule has 0 unspecified atom stereocenters. The third-order valence-electron chi connectivity index (χ3n) is 9.93. The first-order chi connectivity index (χ1) is 26.9. The Morgan fingerprint density at radius 3 is 2.00 bits per heavy atom. The Labute approximate surface area is 335 Å². The van der Waals surface area contributed by atoms with Gasteiger partial charge in [0.2, 0.25) is 23.6 Å². The summed E-state index contributed by atoms with van der Waals surface area (Å²) < 4.78 is 0. The number of aliphatic carboxylic acids is 1. The number of carbonyl (C=O) groups excluding carboxylic acids is 4. The molecular weight excluding hydrogens is 736 g/mol. The fourth-order valence-electron chi connectivity index (χ4n) is 6.54. The van der Waals surface area contributed by atoms with E-state index in [-0.39, 0.29) is 80.2 Å². The van der Waals surface area contributed by atoms with Crippen LogP contribution < -0.4 is 49.9 Å². The van der Waals surface area contributed by atoms with Gasteiger partial charge in [0.25, 0.3) is 0 Å². The Kier molecular flexibility index (Phi) is 20.6. The molecule has 0 radical (unpaired) electrons. The molecule has 16 N–H and O–H groups in total. The topological polar surface area (TPSA) is 332 Å². The van der Waals surface area contributed by atoms with Crippen molar-refractivity contribution in [1.82, 2.24) is 26.2 Å². The summed E-state index contributed by atoms with van der Waals surface area (Å²) in [7, 11) is 0. The van der Waals surface area contributed by atoms with E-state index in [2.05, 4.69) is 31.3 Å². The van der Waals surface area contributed by atoms with Gasteiger partial charge in [-0.25, -0.2) is 4.79 Å². The van der Waals surface area contributed by atoms with Gasteiger partial charge in [-0.05, 0) is 80.9 Å². The second-order valence-electron chi connectivity index (χ2n) is 15.1. The maximum atomic E-state index is 14.1. The molecule has 1 saturated heterocycles. The SMILES string of the molecule is CC[C@H](C)[C@H](NC(=O)[C@H](Cc1ccc(O)cc1)NC[C@@H]1CCCN1C(=O)[C@H](CCCN=C(N)N)NC(=O)[C@@H](N)CCCN=C(N)N)C(=O)N[C@@H](CC(C)C)C(=O)O. The summed E-state index contributed by atoms with van der Waals surface area (Å²) in [6.45, 7) is 8.56. The van der Waals surface area contributed by atoms with Crippen LogP contribution in [-0.2, 0) is 30.4 Å². The lowest BCUT2D eigenvalue weighted by atomic mass is 9.96. The number of hydrogen-bond acceptors (Lipinski definition) is 10. The highest BCUT2D eigenvalue weighted by molar-refractivity contribution is 5.92. The van der Waals surface area contributed by atoms with Crippen LogP contribution in [0.1, 0.15) is 84.6 Å². The number of phenols is 1. The van der Waals surface area contributed by atoms with Gasteiger partial charge in [0, 0.05) is 32.2 Å². The third kappa shape index (κ3) is 17.2. The minimum absolute atomic E-state index is 0.00525. The summed E-state index contributed by atoms with van der Waals surface area (Å²) in [5, 5.41) is 31.3. The molecule has 320 valence electrons. The average molecular weight is 803 g/mol. The van der Waals surface area contributed by atoms with Gasteiger partial charge >= 0.3 is 5.97 Å². The molecule has 0 aliphatic carbocycles. The highest BCUT2D eigenvalue weighted by Crippen LogP contribution is 2.20. The summed E-state index contributed by atoms with van der Waals surface area (Å²) in [5.74, 6) is -3.48. The highest BCUT2D eigenvalue weighted by Gasteiger charge is 2.36.